The van der Waals surface area contributed by atoms with Gasteiger partial charge < -0.3 is 15.7 Å². The minimum Gasteiger partial charge on any atom is -0.397 e. The SMILES string of the molecule is Cc1ccc2sc(C(=O)N3CCC(O)C3)c(N)c2c1. The predicted molar refractivity (Wildman–Crippen MR) is 77.5 cm³/mol. The Balaban J connectivity index is 2.01. The maximum absolute atomic E-state index is 12.4. The van der Waals surface area contributed by atoms with Crippen molar-refractivity contribution in [2.75, 3.05) is 18.8 Å². The summed E-state index contributed by atoms with van der Waals surface area (Å²) in [6.45, 7) is 3.02. The summed E-state index contributed by atoms with van der Waals surface area (Å²) in [5.74, 6) is -0.0621. The summed E-state index contributed by atoms with van der Waals surface area (Å²) in [6.07, 6.45) is 0.247. The third-order valence-electron chi connectivity index (χ3n) is 3.53. The van der Waals surface area contributed by atoms with Crippen LogP contribution in [-0.4, -0.2) is 35.1 Å². The van der Waals surface area contributed by atoms with Gasteiger partial charge in [0, 0.05) is 23.2 Å². The Kier molecular flexibility index (Phi) is 2.95. The number of thiophene rings is 1. The summed E-state index contributed by atoms with van der Waals surface area (Å²) in [6, 6.07) is 6.03. The van der Waals surface area contributed by atoms with Crippen molar-refractivity contribution in [1.29, 1.82) is 0 Å². The molecule has 1 aliphatic heterocycles. The number of benzene rings is 1. The van der Waals surface area contributed by atoms with Crippen LogP contribution in [0.2, 0.25) is 0 Å². The number of rotatable bonds is 1. The normalized spacial score (nSPS) is 19.3. The van der Waals surface area contributed by atoms with Crippen LogP contribution in [0.1, 0.15) is 21.7 Å². The van der Waals surface area contributed by atoms with E-state index in [-0.39, 0.29) is 5.91 Å². The van der Waals surface area contributed by atoms with Gasteiger partial charge in [-0.2, -0.15) is 0 Å². The molecule has 1 amide bonds. The molecular formula is C14H16N2O2S. The molecule has 1 aromatic heterocycles. The number of hydrogen-bond acceptors (Lipinski definition) is 4. The molecule has 0 bridgehead atoms. The van der Waals surface area contributed by atoms with Crippen LogP contribution in [0.15, 0.2) is 18.2 Å². The van der Waals surface area contributed by atoms with Crippen LogP contribution in [0.5, 0.6) is 0 Å². The first-order valence-electron chi connectivity index (χ1n) is 6.32. The fraction of sp³-hybridized carbons (Fsp3) is 0.357. The molecule has 19 heavy (non-hydrogen) atoms. The summed E-state index contributed by atoms with van der Waals surface area (Å²) in [5, 5.41) is 10.5. The van der Waals surface area contributed by atoms with Gasteiger partial charge in [-0.25, -0.2) is 0 Å². The Morgan fingerprint density at radius 3 is 3.00 bits per heavy atom. The molecule has 0 saturated carbocycles. The number of nitrogen functional groups attached to an aromatic ring is 1. The molecule has 1 fully saturated rings. The van der Waals surface area contributed by atoms with E-state index in [0.717, 1.165) is 15.6 Å². The molecule has 0 aliphatic carbocycles. The van der Waals surface area contributed by atoms with E-state index in [0.29, 0.717) is 30.1 Å². The minimum absolute atomic E-state index is 0.0621. The molecule has 1 aliphatic rings. The lowest BCUT2D eigenvalue weighted by Gasteiger charge is -2.14. The Labute approximate surface area is 115 Å². The molecule has 3 N–H and O–H groups in total. The predicted octanol–water partition coefficient (Wildman–Crippen LogP) is 2.00. The van der Waals surface area contributed by atoms with Crippen molar-refractivity contribution in [2.24, 2.45) is 0 Å². The van der Waals surface area contributed by atoms with Gasteiger partial charge in [0.15, 0.2) is 0 Å². The highest BCUT2D eigenvalue weighted by Gasteiger charge is 2.28. The second kappa shape index (κ2) is 4.51. The third-order valence-corrected chi connectivity index (χ3v) is 4.70. The second-order valence-electron chi connectivity index (χ2n) is 5.04. The van der Waals surface area contributed by atoms with Crippen molar-refractivity contribution >= 4 is 33.0 Å². The van der Waals surface area contributed by atoms with Gasteiger partial charge in [0.05, 0.1) is 11.8 Å². The number of aliphatic hydroxyl groups is 1. The van der Waals surface area contributed by atoms with Gasteiger partial charge in [-0.1, -0.05) is 11.6 Å². The summed E-state index contributed by atoms with van der Waals surface area (Å²) >= 11 is 1.43. The van der Waals surface area contributed by atoms with E-state index >= 15 is 0 Å². The molecule has 1 atom stereocenters. The van der Waals surface area contributed by atoms with Crippen molar-refractivity contribution in [3.05, 3.63) is 28.6 Å². The molecule has 0 radical (unpaired) electrons. The Morgan fingerprint density at radius 1 is 1.53 bits per heavy atom. The summed E-state index contributed by atoms with van der Waals surface area (Å²) < 4.78 is 1.03. The number of nitrogens with two attached hydrogens (primary N) is 1. The summed E-state index contributed by atoms with van der Waals surface area (Å²) in [4.78, 5) is 14.7. The average Bonchev–Trinajstić information content (AvgIpc) is 2.94. The van der Waals surface area contributed by atoms with Crippen molar-refractivity contribution < 1.29 is 9.90 Å². The Hall–Kier alpha value is -1.59. The lowest BCUT2D eigenvalue weighted by molar-refractivity contribution is 0.0770. The van der Waals surface area contributed by atoms with Crippen LogP contribution in [0.4, 0.5) is 5.69 Å². The first-order valence-corrected chi connectivity index (χ1v) is 7.14. The summed E-state index contributed by atoms with van der Waals surface area (Å²) in [7, 11) is 0. The molecule has 1 saturated heterocycles. The van der Waals surface area contributed by atoms with Crippen LogP contribution < -0.4 is 5.73 Å². The fourth-order valence-corrected chi connectivity index (χ4v) is 3.53. The second-order valence-corrected chi connectivity index (χ2v) is 6.09. The zero-order valence-corrected chi connectivity index (χ0v) is 11.5. The van der Waals surface area contributed by atoms with Gasteiger partial charge >= 0.3 is 0 Å². The smallest absolute Gasteiger partial charge is 0.266 e. The molecule has 5 heteroatoms. The van der Waals surface area contributed by atoms with E-state index in [9.17, 15) is 9.90 Å². The highest BCUT2D eigenvalue weighted by atomic mass is 32.1. The average molecular weight is 276 g/mol. The zero-order valence-electron chi connectivity index (χ0n) is 10.7. The Morgan fingerprint density at radius 2 is 2.32 bits per heavy atom. The van der Waals surface area contributed by atoms with E-state index in [1.54, 1.807) is 4.90 Å². The molecule has 4 nitrogen and oxygen atoms in total. The van der Waals surface area contributed by atoms with Crippen LogP contribution >= 0.6 is 11.3 Å². The van der Waals surface area contributed by atoms with Crippen molar-refractivity contribution in [2.45, 2.75) is 19.4 Å². The van der Waals surface area contributed by atoms with Crippen molar-refractivity contribution in [3.63, 3.8) is 0 Å². The number of carbonyl (C=O) groups excluding carboxylic acids is 1. The number of hydrogen-bond donors (Lipinski definition) is 2. The number of likely N-dealkylation sites (tertiary alicyclic amines) is 1. The van der Waals surface area contributed by atoms with Gasteiger partial charge in [0.25, 0.3) is 5.91 Å². The number of carbonyl (C=O) groups is 1. The monoisotopic (exact) mass is 276 g/mol. The number of aliphatic hydroxyl groups excluding tert-OH is 1. The third kappa shape index (κ3) is 2.09. The maximum atomic E-state index is 12.4. The van der Waals surface area contributed by atoms with E-state index in [1.165, 1.54) is 11.3 Å². The number of fused-ring (bicyclic) bond motifs is 1. The lowest BCUT2D eigenvalue weighted by atomic mass is 10.1. The van der Waals surface area contributed by atoms with Gasteiger partial charge in [-0.15, -0.1) is 11.3 Å². The Bertz CT molecular complexity index is 650. The molecule has 0 spiro atoms. The molecule has 3 rings (SSSR count). The standard InChI is InChI=1S/C14H16N2O2S/c1-8-2-3-11-10(6-8)12(15)13(19-11)14(18)16-5-4-9(17)7-16/h2-3,6,9,17H,4-5,7,15H2,1H3. The van der Waals surface area contributed by atoms with Crippen LogP contribution in [0.3, 0.4) is 0 Å². The van der Waals surface area contributed by atoms with Gasteiger partial charge in [0.2, 0.25) is 0 Å². The fourth-order valence-electron chi connectivity index (χ4n) is 2.46. The quantitative estimate of drug-likeness (QED) is 0.837. The number of β-amino-alcohol motifs (C(OH)–C–C–N with tert-alkyl or cyclic N) is 1. The molecule has 1 aromatic carbocycles. The number of nitrogens with zero attached hydrogens (tertiary/aromatic N) is 1. The lowest BCUT2D eigenvalue weighted by Crippen LogP contribution is -2.29. The van der Waals surface area contributed by atoms with E-state index in [1.807, 2.05) is 25.1 Å². The number of aryl methyl sites for hydroxylation is 1. The van der Waals surface area contributed by atoms with Gasteiger partial charge in [-0.05, 0) is 25.5 Å². The van der Waals surface area contributed by atoms with Crippen molar-refractivity contribution in [1.82, 2.24) is 4.90 Å². The van der Waals surface area contributed by atoms with Gasteiger partial charge in [-0.3, -0.25) is 4.79 Å². The molecule has 1 unspecified atom stereocenters. The summed E-state index contributed by atoms with van der Waals surface area (Å²) in [5.41, 5.74) is 7.81. The molecular weight excluding hydrogens is 260 g/mol. The first-order chi connectivity index (χ1) is 9.06. The van der Waals surface area contributed by atoms with E-state index < -0.39 is 6.10 Å². The molecule has 2 aromatic rings. The van der Waals surface area contributed by atoms with Crippen LogP contribution in [0.25, 0.3) is 10.1 Å². The molecule has 100 valence electrons. The highest BCUT2D eigenvalue weighted by Crippen LogP contribution is 2.35. The van der Waals surface area contributed by atoms with Gasteiger partial charge in [0.1, 0.15) is 4.88 Å². The van der Waals surface area contributed by atoms with E-state index in [2.05, 4.69) is 0 Å². The van der Waals surface area contributed by atoms with Crippen molar-refractivity contribution in [3.8, 4) is 0 Å². The topological polar surface area (TPSA) is 66.6 Å². The minimum atomic E-state index is -0.401. The first kappa shape index (κ1) is 12.4. The molecule has 2 heterocycles. The highest BCUT2D eigenvalue weighted by molar-refractivity contribution is 7.21. The van der Waals surface area contributed by atoms with E-state index in [4.69, 9.17) is 5.73 Å². The van der Waals surface area contributed by atoms with Crippen LogP contribution in [0, 0.1) is 6.92 Å². The largest absolute Gasteiger partial charge is 0.397 e. The number of anilines is 1. The number of amides is 1. The maximum Gasteiger partial charge on any atom is 0.266 e. The zero-order chi connectivity index (χ0) is 13.6. The van der Waals surface area contributed by atoms with Crippen LogP contribution in [-0.2, 0) is 0 Å².